The molecule has 3 aliphatic carbocycles. The van der Waals surface area contributed by atoms with Gasteiger partial charge in [0.25, 0.3) is 5.60 Å². The lowest BCUT2D eigenvalue weighted by atomic mass is 9.60. The van der Waals surface area contributed by atoms with Crippen LogP contribution in [0, 0.1) is 22.7 Å². The third-order valence-electron chi connectivity index (χ3n) is 7.68. The predicted octanol–water partition coefficient (Wildman–Crippen LogP) is 7.21. The highest BCUT2D eigenvalue weighted by Gasteiger charge is 2.72. The van der Waals surface area contributed by atoms with E-state index in [0.29, 0.717) is 6.42 Å². The Kier molecular flexibility index (Phi) is 6.08. The minimum Gasteiger partial charge on any atom is -0.394 e. The van der Waals surface area contributed by atoms with E-state index in [0.717, 1.165) is 44.6 Å². The van der Waals surface area contributed by atoms with Crippen LogP contribution in [0.4, 0.5) is 26.3 Å². The Morgan fingerprint density at radius 2 is 1.61 bits per heavy atom. The average molecular weight is 471 g/mol. The predicted molar refractivity (Wildman–Crippen MR) is 108 cm³/mol. The summed E-state index contributed by atoms with van der Waals surface area (Å²) in [6.45, 7) is 6.04. The van der Waals surface area contributed by atoms with Gasteiger partial charge < -0.3 is 4.43 Å². The fourth-order valence-electron chi connectivity index (χ4n) is 6.23. The van der Waals surface area contributed by atoms with Gasteiger partial charge in [-0.3, -0.25) is 4.79 Å². The summed E-state index contributed by atoms with van der Waals surface area (Å²) in [6.07, 6.45) is -4.38. The first kappa shape index (κ1) is 24.8. The standard InChI is InChI=1S/C22H32F6O2Si/c1-18-10-5-7-16(29)15(18)8-9-17(18)19(13-14-19)11-6-12-20(21(23,24)25,22(26,27)28)30-31(2,3)4/h6,12,15,17H,5,7-11,13-14H2,1-4H3/b12-6-/t15-,17-,18-/m0/s1. The molecule has 2 nitrogen and oxygen atoms in total. The van der Waals surface area contributed by atoms with E-state index in [2.05, 4.69) is 6.92 Å². The topological polar surface area (TPSA) is 26.3 Å². The minimum atomic E-state index is -5.61. The number of halogens is 6. The van der Waals surface area contributed by atoms with E-state index in [1.54, 1.807) is 0 Å². The van der Waals surface area contributed by atoms with Gasteiger partial charge in [-0.2, -0.15) is 26.3 Å². The molecule has 0 amide bonds. The van der Waals surface area contributed by atoms with Crippen molar-refractivity contribution in [2.75, 3.05) is 0 Å². The van der Waals surface area contributed by atoms with Crippen molar-refractivity contribution >= 4 is 14.1 Å². The van der Waals surface area contributed by atoms with Crippen molar-refractivity contribution in [2.45, 2.75) is 95.9 Å². The zero-order chi connectivity index (χ0) is 23.5. The van der Waals surface area contributed by atoms with Crippen LogP contribution in [0.1, 0.15) is 58.3 Å². The van der Waals surface area contributed by atoms with Crippen LogP contribution in [0.5, 0.6) is 0 Å². The van der Waals surface area contributed by atoms with Crippen LogP contribution in [0.15, 0.2) is 12.2 Å². The normalized spacial score (nSPS) is 31.9. The number of Topliss-reactive ketones (excluding diaryl/α,β-unsaturated/α-hetero) is 1. The van der Waals surface area contributed by atoms with Gasteiger partial charge in [0, 0.05) is 12.3 Å². The third-order valence-corrected chi connectivity index (χ3v) is 8.62. The van der Waals surface area contributed by atoms with Crippen LogP contribution >= 0.6 is 0 Å². The van der Waals surface area contributed by atoms with Crippen LogP contribution in [-0.4, -0.2) is 32.1 Å². The van der Waals surface area contributed by atoms with Gasteiger partial charge in [-0.15, -0.1) is 0 Å². The van der Waals surface area contributed by atoms with Crippen molar-refractivity contribution in [3.63, 3.8) is 0 Å². The number of alkyl halides is 6. The molecule has 0 aromatic carbocycles. The Morgan fingerprint density at radius 3 is 2.10 bits per heavy atom. The van der Waals surface area contributed by atoms with Gasteiger partial charge in [0.15, 0.2) is 8.32 Å². The molecule has 0 saturated heterocycles. The molecule has 3 aliphatic rings. The first-order valence-electron chi connectivity index (χ1n) is 11.0. The van der Waals surface area contributed by atoms with Crippen molar-refractivity contribution in [3.8, 4) is 0 Å². The molecular weight excluding hydrogens is 438 g/mol. The number of ketones is 1. The fourth-order valence-corrected chi connectivity index (χ4v) is 7.50. The third kappa shape index (κ3) is 4.37. The zero-order valence-electron chi connectivity index (χ0n) is 18.6. The molecule has 0 radical (unpaired) electrons. The summed E-state index contributed by atoms with van der Waals surface area (Å²) in [6, 6.07) is 0. The van der Waals surface area contributed by atoms with Gasteiger partial charge in [-0.1, -0.05) is 13.0 Å². The maximum Gasteiger partial charge on any atom is 0.429 e. The van der Waals surface area contributed by atoms with Crippen molar-refractivity contribution < 1.29 is 35.6 Å². The summed E-state index contributed by atoms with van der Waals surface area (Å²) in [7, 11) is -3.19. The van der Waals surface area contributed by atoms with Gasteiger partial charge in [0.1, 0.15) is 5.78 Å². The van der Waals surface area contributed by atoms with Crippen LogP contribution in [-0.2, 0) is 9.22 Å². The molecular formula is C22H32F6O2Si. The van der Waals surface area contributed by atoms with Gasteiger partial charge in [-0.25, -0.2) is 0 Å². The Balaban J connectivity index is 1.87. The Bertz CT molecular complexity index is 718. The van der Waals surface area contributed by atoms with E-state index in [9.17, 15) is 31.1 Å². The lowest BCUT2D eigenvalue weighted by Crippen LogP contribution is -2.61. The fraction of sp³-hybridized carbons (Fsp3) is 0.864. The number of hydrogen-bond acceptors (Lipinski definition) is 2. The van der Waals surface area contributed by atoms with Crippen LogP contribution in [0.2, 0.25) is 19.6 Å². The summed E-state index contributed by atoms with van der Waals surface area (Å²) < 4.78 is 87.3. The van der Waals surface area contributed by atoms with E-state index in [1.165, 1.54) is 19.6 Å². The van der Waals surface area contributed by atoms with E-state index in [1.807, 2.05) is 0 Å². The molecule has 3 fully saturated rings. The van der Waals surface area contributed by atoms with E-state index < -0.39 is 26.3 Å². The molecule has 31 heavy (non-hydrogen) atoms. The Hall–Kier alpha value is -0.833. The van der Waals surface area contributed by atoms with Gasteiger partial charge in [-0.05, 0) is 87.4 Å². The maximum atomic E-state index is 13.8. The van der Waals surface area contributed by atoms with Crippen LogP contribution in [0.3, 0.4) is 0 Å². The molecule has 0 heterocycles. The highest BCUT2D eigenvalue weighted by atomic mass is 28.4. The molecule has 3 rings (SSSR count). The SMILES string of the molecule is C[C@]12CCCC(=O)[C@@H]1CC[C@@H]2C1(C/C=C\C(O[Si](C)(C)C)(C(F)(F)F)C(F)(F)F)CC1. The molecule has 0 N–H and O–H groups in total. The monoisotopic (exact) mass is 470 g/mol. The number of hydrogen-bond donors (Lipinski definition) is 0. The number of carbonyl (C=O) groups excluding carboxylic acids is 1. The molecule has 178 valence electrons. The smallest absolute Gasteiger partial charge is 0.394 e. The van der Waals surface area contributed by atoms with Crippen molar-refractivity contribution in [2.24, 2.45) is 22.7 Å². The Labute approximate surface area is 180 Å². The molecule has 0 aromatic heterocycles. The number of carbonyl (C=O) groups is 1. The van der Waals surface area contributed by atoms with E-state index in [4.69, 9.17) is 4.43 Å². The molecule has 0 aromatic rings. The largest absolute Gasteiger partial charge is 0.429 e. The summed E-state index contributed by atoms with van der Waals surface area (Å²) in [5.41, 5.74) is -4.79. The lowest BCUT2D eigenvalue weighted by Gasteiger charge is -2.43. The van der Waals surface area contributed by atoms with Crippen molar-refractivity contribution in [3.05, 3.63) is 12.2 Å². The van der Waals surface area contributed by atoms with Crippen molar-refractivity contribution in [1.29, 1.82) is 0 Å². The van der Waals surface area contributed by atoms with Gasteiger partial charge in [0.2, 0.25) is 0 Å². The molecule has 0 bridgehead atoms. The molecule has 9 heteroatoms. The second-order valence-electron chi connectivity index (χ2n) is 10.9. The number of fused-ring (bicyclic) bond motifs is 1. The van der Waals surface area contributed by atoms with Crippen LogP contribution in [0.25, 0.3) is 0 Å². The molecule has 0 spiro atoms. The molecule has 0 aliphatic heterocycles. The lowest BCUT2D eigenvalue weighted by molar-refractivity contribution is -0.340. The maximum absolute atomic E-state index is 13.8. The summed E-state index contributed by atoms with van der Waals surface area (Å²) in [5, 5.41) is 0. The quantitative estimate of drug-likeness (QED) is 0.233. The molecule has 3 saturated carbocycles. The van der Waals surface area contributed by atoms with E-state index in [-0.39, 0.29) is 40.9 Å². The summed E-state index contributed by atoms with van der Waals surface area (Å²) in [4.78, 5) is 12.4. The average Bonchev–Trinajstić information content (AvgIpc) is 3.25. The number of allylic oxidation sites excluding steroid dienone is 1. The highest BCUT2D eigenvalue weighted by molar-refractivity contribution is 6.69. The van der Waals surface area contributed by atoms with Gasteiger partial charge in [0.05, 0.1) is 0 Å². The minimum absolute atomic E-state index is 0.0210. The van der Waals surface area contributed by atoms with Crippen molar-refractivity contribution in [1.82, 2.24) is 0 Å². The first-order chi connectivity index (χ1) is 14.0. The van der Waals surface area contributed by atoms with E-state index >= 15 is 0 Å². The summed E-state index contributed by atoms with van der Waals surface area (Å²) in [5.74, 6) is 0.398. The summed E-state index contributed by atoms with van der Waals surface area (Å²) >= 11 is 0. The number of rotatable bonds is 6. The molecule has 0 unspecified atom stereocenters. The van der Waals surface area contributed by atoms with Gasteiger partial charge >= 0.3 is 12.4 Å². The van der Waals surface area contributed by atoms with Crippen LogP contribution < -0.4 is 0 Å². The Morgan fingerprint density at radius 1 is 1.03 bits per heavy atom. The first-order valence-corrected chi connectivity index (χ1v) is 14.4. The second kappa shape index (κ2) is 7.60. The highest BCUT2D eigenvalue weighted by Crippen LogP contribution is 2.68. The molecule has 3 atom stereocenters. The second-order valence-corrected chi connectivity index (χ2v) is 15.4. The zero-order valence-corrected chi connectivity index (χ0v) is 19.6.